The third-order valence-electron chi connectivity index (χ3n) is 3.39. The first-order valence-electron chi connectivity index (χ1n) is 7.85. The standard InChI is InChI=1S/C17H18ClF3N4OS/c1-25(2)8-7-22-16(27)24-23-10-12-4-6-15(26-12)13-9-11(17(19,20)21)3-5-14(13)18/h3-6,9-10H,7-8H2,1-2H3,(H2,22,24,27). The van der Waals surface area contributed by atoms with Gasteiger partial charge in [0.25, 0.3) is 0 Å². The minimum Gasteiger partial charge on any atom is -0.455 e. The van der Waals surface area contributed by atoms with Gasteiger partial charge in [-0.25, -0.2) is 0 Å². The first-order chi connectivity index (χ1) is 12.7. The molecule has 10 heteroatoms. The maximum absolute atomic E-state index is 12.9. The van der Waals surface area contributed by atoms with E-state index in [2.05, 4.69) is 15.8 Å². The first kappa shape index (κ1) is 21.2. The minimum absolute atomic E-state index is 0.153. The number of nitrogens with zero attached hydrogens (tertiary/aromatic N) is 2. The Balaban J connectivity index is 2.02. The van der Waals surface area contributed by atoms with E-state index in [1.54, 1.807) is 6.07 Å². The summed E-state index contributed by atoms with van der Waals surface area (Å²) in [6.07, 6.45) is -3.10. The molecule has 0 unspecified atom stereocenters. The van der Waals surface area contributed by atoms with Crippen molar-refractivity contribution in [2.45, 2.75) is 6.18 Å². The van der Waals surface area contributed by atoms with Crippen molar-refractivity contribution in [2.75, 3.05) is 27.2 Å². The van der Waals surface area contributed by atoms with Crippen LogP contribution in [0.4, 0.5) is 13.2 Å². The van der Waals surface area contributed by atoms with Gasteiger partial charge < -0.3 is 14.6 Å². The summed E-state index contributed by atoms with van der Waals surface area (Å²) in [5.41, 5.74) is 1.98. The number of benzene rings is 1. The Kier molecular flexibility index (Phi) is 7.23. The molecule has 0 bridgehead atoms. The molecule has 2 aromatic rings. The lowest BCUT2D eigenvalue weighted by atomic mass is 10.1. The fraction of sp³-hybridized carbons (Fsp3) is 0.294. The highest BCUT2D eigenvalue weighted by Crippen LogP contribution is 2.36. The molecule has 0 saturated carbocycles. The third-order valence-corrected chi connectivity index (χ3v) is 3.95. The molecule has 2 N–H and O–H groups in total. The molecule has 0 saturated heterocycles. The third kappa shape index (κ3) is 6.53. The summed E-state index contributed by atoms with van der Waals surface area (Å²) < 4.78 is 44.1. The second-order valence-electron chi connectivity index (χ2n) is 5.82. The Morgan fingerprint density at radius 3 is 2.70 bits per heavy atom. The van der Waals surface area contributed by atoms with E-state index in [1.807, 2.05) is 19.0 Å². The molecule has 0 fully saturated rings. The van der Waals surface area contributed by atoms with E-state index in [1.165, 1.54) is 18.3 Å². The molecular weight excluding hydrogens is 401 g/mol. The highest BCUT2D eigenvalue weighted by Gasteiger charge is 2.31. The predicted molar refractivity (Wildman–Crippen MR) is 104 cm³/mol. The van der Waals surface area contributed by atoms with Crippen LogP contribution in [0.2, 0.25) is 5.02 Å². The summed E-state index contributed by atoms with van der Waals surface area (Å²) in [5.74, 6) is 0.543. The maximum atomic E-state index is 12.9. The molecule has 0 aliphatic rings. The van der Waals surface area contributed by atoms with Gasteiger partial charge in [-0.15, -0.1) is 0 Å². The van der Waals surface area contributed by atoms with Crippen LogP contribution < -0.4 is 10.7 Å². The summed E-state index contributed by atoms with van der Waals surface area (Å²) in [4.78, 5) is 2.00. The molecule has 0 radical (unpaired) electrons. The van der Waals surface area contributed by atoms with Crippen LogP contribution in [-0.2, 0) is 6.18 Å². The van der Waals surface area contributed by atoms with E-state index >= 15 is 0 Å². The second kappa shape index (κ2) is 9.20. The summed E-state index contributed by atoms with van der Waals surface area (Å²) in [6.45, 7) is 1.47. The summed E-state index contributed by atoms with van der Waals surface area (Å²) >= 11 is 11.1. The van der Waals surface area contributed by atoms with Crippen molar-refractivity contribution in [3.8, 4) is 11.3 Å². The molecule has 0 spiro atoms. The number of likely N-dealkylation sites (N-methyl/N-ethyl adjacent to an activating group) is 1. The first-order valence-corrected chi connectivity index (χ1v) is 8.64. The monoisotopic (exact) mass is 418 g/mol. The van der Waals surface area contributed by atoms with Crippen molar-refractivity contribution in [1.29, 1.82) is 0 Å². The van der Waals surface area contributed by atoms with Gasteiger partial charge in [-0.3, -0.25) is 5.43 Å². The Labute approximate surface area is 165 Å². The molecule has 0 amide bonds. The number of hydrazone groups is 1. The number of rotatable bonds is 6. The molecule has 0 atom stereocenters. The zero-order valence-electron chi connectivity index (χ0n) is 14.6. The number of halogens is 4. The molecule has 27 heavy (non-hydrogen) atoms. The number of hydrogen-bond donors (Lipinski definition) is 2. The fourth-order valence-corrected chi connectivity index (χ4v) is 2.41. The lowest BCUT2D eigenvalue weighted by molar-refractivity contribution is -0.137. The smallest absolute Gasteiger partial charge is 0.416 e. The van der Waals surface area contributed by atoms with Crippen LogP contribution in [0.1, 0.15) is 11.3 Å². The molecule has 1 heterocycles. The van der Waals surface area contributed by atoms with Crippen LogP contribution in [0.3, 0.4) is 0 Å². The van der Waals surface area contributed by atoms with Crippen LogP contribution in [0.5, 0.6) is 0 Å². The lowest BCUT2D eigenvalue weighted by Gasteiger charge is -2.11. The van der Waals surface area contributed by atoms with E-state index in [9.17, 15) is 13.2 Å². The molecule has 2 rings (SSSR count). The molecule has 0 aliphatic heterocycles. The van der Waals surface area contributed by atoms with Crippen molar-refractivity contribution in [3.63, 3.8) is 0 Å². The number of thiocarbonyl (C=S) groups is 1. The Bertz CT molecular complexity index is 821. The average molecular weight is 419 g/mol. The number of furan rings is 1. The van der Waals surface area contributed by atoms with Gasteiger partial charge in [0.1, 0.15) is 11.5 Å². The predicted octanol–water partition coefficient (Wildman–Crippen LogP) is 3.98. The van der Waals surface area contributed by atoms with Crippen molar-refractivity contribution in [3.05, 3.63) is 46.7 Å². The Hall–Kier alpha value is -2.10. The number of alkyl halides is 3. The van der Waals surface area contributed by atoms with Crippen molar-refractivity contribution in [2.24, 2.45) is 5.10 Å². The maximum Gasteiger partial charge on any atom is 0.416 e. The molecule has 5 nitrogen and oxygen atoms in total. The van der Waals surface area contributed by atoms with Gasteiger partial charge >= 0.3 is 6.18 Å². The van der Waals surface area contributed by atoms with E-state index < -0.39 is 11.7 Å². The zero-order valence-corrected chi connectivity index (χ0v) is 16.2. The average Bonchev–Trinajstić information content (AvgIpc) is 3.02. The van der Waals surface area contributed by atoms with Gasteiger partial charge in [0.2, 0.25) is 0 Å². The van der Waals surface area contributed by atoms with E-state index in [4.69, 9.17) is 28.2 Å². The van der Waals surface area contributed by atoms with Gasteiger partial charge in [-0.1, -0.05) is 11.6 Å². The quantitative estimate of drug-likeness (QED) is 0.422. The normalized spacial score (nSPS) is 12.0. The number of hydrogen-bond acceptors (Lipinski definition) is 4. The highest BCUT2D eigenvalue weighted by molar-refractivity contribution is 7.80. The van der Waals surface area contributed by atoms with Crippen LogP contribution in [0.15, 0.2) is 39.9 Å². The molecule has 0 aliphatic carbocycles. The van der Waals surface area contributed by atoms with Crippen LogP contribution in [0, 0.1) is 0 Å². The minimum atomic E-state index is -4.46. The van der Waals surface area contributed by atoms with Gasteiger partial charge in [-0.2, -0.15) is 18.3 Å². The van der Waals surface area contributed by atoms with Crippen LogP contribution in [0.25, 0.3) is 11.3 Å². The largest absolute Gasteiger partial charge is 0.455 e. The van der Waals surface area contributed by atoms with Gasteiger partial charge in [0, 0.05) is 18.7 Å². The topological polar surface area (TPSA) is 52.8 Å². The molecule has 146 valence electrons. The van der Waals surface area contributed by atoms with Gasteiger partial charge in [0.15, 0.2) is 5.11 Å². The SMILES string of the molecule is CN(C)CCNC(=S)NN=Cc1ccc(-c2cc(C(F)(F)F)ccc2Cl)o1. The summed E-state index contributed by atoms with van der Waals surface area (Å²) in [7, 11) is 3.89. The molecule has 1 aromatic carbocycles. The van der Waals surface area contributed by atoms with E-state index in [0.717, 1.165) is 18.7 Å². The summed E-state index contributed by atoms with van der Waals surface area (Å²) in [5, 5.41) is 7.40. The lowest BCUT2D eigenvalue weighted by Crippen LogP contribution is -2.36. The van der Waals surface area contributed by atoms with Crippen molar-refractivity contribution >= 4 is 35.1 Å². The van der Waals surface area contributed by atoms with Gasteiger partial charge in [0.05, 0.1) is 16.8 Å². The Morgan fingerprint density at radius 2 is 2.04 bits per heavy atom. The fourth-order valence-electron chi connectivity index (χ4n) is 2.04. The van der Waals surface area contributed by atoms with Crippen LogP contribution in [-0.4, -0.2) is 43.4 Å². The van der Waals surface area contributed by atoms with Crippen molar-refractivity contribution in [1.82, 2.24) is 15.6 Å². The molecular formula is C17H18ClF3N4OS. The number of nitrogens with one attached hydrogen (secondary N) is 2. The van der Waals surface area contributed by atoms with E-state index in [-0.39, 0.29) is 16.3 Å². The molecule has 1 aromatic heterocycles. The zero-order chi connectivity index (χ0) is 20.0. The summed E-state index contributed by atoms with van der Waals surface area (Å²) in [6, 6.07) is 6.15. The van der Waals surface area contributed by atoms with Crippen LogP contribution >= 0.6 is 23.8 Å². The van der Waals surface area contributed by atoms with E-state index in [0.29, 0.717) is 17.4 Å². The second-order valence-corrected chi connectivity index (χ2v) is 6.64. The van der Waals surface area contributed by atoms with Crippen molar-refractivity contribution < 1.29 is 17.6 Å². The van der Waals surface area contributed by atoms with Gasteiger partial charge in [-0.05, 0) is 56.6 Å². The Morgan fingerprint density at radius 1 is 1.30 bits per heavy atom. The highest BCUT2D eigenvalue weighted by atomic mass is 35.5.